The number of hydrogen-bond acceptors (Lipinski definition) is 4. The number of allylic oxidation sites excluding steroid dienone is 2. The summed E-state index contributed by atoms with van der Waals surface area (Å²) in [4.78, 5) is 32.4. The lowest BCUT2D eigenvalue weighted by Gasteiger charge is -2.38. The molecule has 2 amide bonds. The molecule has 2 atom stereocenters. The number of nitrogens with one attached hydrogen (secondary N) is 1. The normalized spacial score (nSPS) is 29.8. The maximum Gasteiger partial charge on any atom is 0.242 e. The SMILES string of the molecule is CC1(C2CCN(C(=O)CCc3ccccc3)CC2)SC(=NC2=C3CC[C@@H](C3)C2)NC1=O. The van der Waals surface area contributed by atoms with Crippen molar-refractivity contribution in [2.75, 3.05) is 13.1 Å². The van der Waals surface area contributed by atoms with Crippen LogP contribution in [0.5, 0.6) is 0 Å². The maximum absolute atomic E-state index is 12.9. The Hall–Kier alpha value is -2.08. The maximum atomic E-state index is 12.9. The fourth-order valence-electron chi connectivity index (χ4n) is 5.58. The van der Waals surface area contributed by atoms with Gasteiger partial charge in [-0.3, -0.25) is 9.59 Å². The number of fused-ring (bicyclic) bond motifs is 2. The minimum absolute atomic E-state index is 0.0823. The number of amides is 2. The van der Waals surface area contributed by atoms with Crippen molar-refractivity contribution in [2.24, 2.45) is 16.8 Å². The first-order valence-electron chi connectivity index (χ1n) is 11.6. The van der Waals surface area contributed by atoms with E-state index >= 15 is 0 Å². The molecular weight excluding hydrogens is 406 g/mol. The average molecular weight is 438 g/mol. The molecule has 6 heteroatoms. The number of rotatable bonds is 5. The van der Waals surface area contributed by atoms with Gasteiger partial charge in [-0.15, -0.1) is 0 Å². The predicted molar refractivity (Wildman–Crippen MR) is 125 cm³/mol. The lowest BCUT2D eigenvalue weighted by molar-refractivity contribution is -0.132. The highest BCUT2D eigenvalue weighted by atomic mass is 32.2. The van der Waals surface area contributed by atoms with Gasteiger partial charge in [-0.1, -0.05) is 42.1 Å². The summed E-state index contributed by atoms with van der Waals surface area (Å²) in [6.45, 7) is 3.54. The fourth-order valence-corrected chi connectivity index (χ4v) is 6.83. The van der Waals surface area contributed by atoms with E-state index in [-0.39, 0.29) is 17.7 Å². The Labute approximate surface area is 188 Å². The van der Waals surface area contributed by atoms with E-state index in [0.717, 1.165) is 49.9 Å². The number of carbonyl (C=O) groups excluding carboxylic acids is 2. The van der Waals surface area contributed by atoms with Crippen LogP contribution < -0.4 is 5.32 Å². The molecule has 1 aromatic rings. The predicted octanol–water partition coefficient (Wildman–Crippen LogP) is 4.29. The number of amidine groups is 1. The zero-order valence-electron chi connectivity index (χ0n) is 18.2. The van der Waals surface area contributed by atoms with Crippen LogP contribution in [0.25, 0.3) is 0 Å². The monoisotopic (exact) mass is 437 g/mol. The van der Waals surface area contributed by atoms with Crippen molar-refractivity contribution < 1.29 is 9.59 Å². The summed E-state index contributed by atoms with van der Waals surface area (Å²) < 4.78 is -0.485. The van der Waals surface area contributed by atoms with Crippen molar-refractivity contribution in [3.05, 3.63) is 47.2 Å². The van der Waals surface area contributed by atoms with Gasteiger partial charge in [-0.2, -0.15) is 0 Å². The van der Waals surface area contributed by atoms with Gasteiger partial charge in [0.25, 0.3) is 0 Å². The molecule has 5 rings (SSSR count). The molecule has 2 saturated heterocycles. The first kappa shape index (κ1) is 20.8. The molecule has 31 heavy (non-hydrogen) atoms. The van der Waals surface area contributed by atoms with Gasteiger partial charge in [-0.05, 0) is 74.8 Å². The largest absolute Gasteiger partial charge is 0.343 e. The molecule has 1 saturated carbocycles. The summed E-state index contributed by atoms with van der Waals surface area (Å²) in [5.41, 5.74) is 3.93. The van der Waals surface area contributed by atoms with Gasteiger partial charge >= 0.3 is 0 Å². The second kappa shape index (κ2) is 8.45. The highest BCUT2D eigenvalue weighted by Gasteiger charge is 2.49. The number of carbonyl (C=O) groups is 2. The number of piperidine rings is 1. The molecule has 5 nitrogen and oxygen atoms in total. The second-order valence-electron chi connectivity index (χ2n) is 9.58. The first-order chi connectivity index (χ1) is 15.0. The Morgan fingerprint density at radius 3 is 2.65 bits per heavy atom. The third-order valence-electron chi connectivity index (χ3n) is 7.59. The standard InChI is InChI=1S/C25H31N3O2S/c1-25(23(30)27-24(31-25)26-21-16-18-7-9-19(21)15-18)20-11-13-28(14-12-20)22(29)10-8-17-5-3-2-4-6-17/h2-6,18,20H,7-16H2,1H3,(H,26,27,30)/t18-,25?/m0/s1. The van der Waals surface area contributed by atoms with Crippen LogP contribution in [0.1, 0.15) is 57.4 Å². The van der Waals surface area contributed by atoms with E-state index in [2.05, 4.69) is 24.4 Å². The number of aryl methyl sites for hydroxylation is 1. The third-order valence-corrected chi connectivity index (χ3v) is 8.92. The lowest BCUT2D eigenvalue weighted by Crippen LogP contribution is -2.47. The third kappa shape index (κ3) is 4.19. The van der Waals surface area contributed by atoms with E-state index in [9.17, 15) is 9.59 Å². The van der Waals surface area contributed by atoms with Crippen molar-refractivity contribution in [1.29, 1.82) is 0 Å². The van der Waals surface area contributed by atoms with Gasteiger partial charge < -0.3 is 10.2 Å². The highest BCUT2D eigenvalue weighted by molar-refractivity contribution is 8.16. The van der Waals surface area contributed by atoms with Crippen LogP contribution in [0.4, 0.5) is 0 Å². The summed E-state index contributed by atoms with van der Waals surface area (Å²) in [7, 11) is 0. The van der Waals surface area contributed by atoms with Crippen LogP contribution >= 0.6 is 11.8 Å². The van der Waals surface area contributed by atoms with E-state index in [1.54, 1.807) is 11.8 Å². The number of likely N-dealkylation sites (tertiary alicyclic amines) is 1. The second-order valence-corrected chi connectivity index (χ2v) is 11.0. The van der Waals surface area contributed by atoms with Gasteiger partial charge in [-0.25, -0.2) is 4.99 Å². The van der Waals surface area contributed by atoms with Crippen molar-refractivity contribution >= 4 is 28.7 Å². The number of aliphatic imine (C=N–C) groups is 1. The Morgan fingerprint density at radius 1 is 1.19 bits per heavy atom. The topological polar surface area (TPSA) is 61.8 Å². The number of benzene rings is 1. The van der Waals surface area contributed by atoms with E-state index in [4.69, 9.17) is 4.99 Å². The van der Waals surface area contributed by atoms with Crippen LogP contribution in [0, 0.1) is 11.8 Å². The molecule has 1 aromatic carbocycles. The van der Waals surface area contributed by atoms with Crippen LogP contribution in [0.3, 0.4) is 0 Å². The van der Waals surface area contributed by atoms with Crippen LogP contribution in [-0.2, 0) is 16.0 Å². The molecule has 164 valence electrons. The first-order valence-corrected chi connectivity index (χ1v) is 12.4. The molecule has 0 aromatic heterocycles. The Kier molecular flexibility index (Phi) is 5.67. The van der Waals surface area contributed by atoms with Gasteiger partial charge in [0.1, 0.15) is 4.75 Å². The van der Waals surface area contributed by atoms with Crippen LogP contribution in [0.15, 0.2) is 46.6 Å². The average Bonchev–Trinajstić information content (AvgIpc) is 3.48. The minimum atomic E-state index is -0.485. The molecule has 0 radical (unpaired) electrons. The number of hydrogen-bond donors (Lipinski definition) is 1. The van der Waals surface area contributed by atoms with E-state index in [0.29, 0.717) is 6.42 Å². The summed E-state index contributed by atoms with van der Waals surface area (Å²) in [5, 5.41) is 3.84. The molecule has 2 aliphatic heterocycles. The van der Waals surface area contributed by atoms with E-state index < -0.39 is 4.75 Å². The summed E-state index contributed by atoms with van der Waals surface area (Å²) in [6.07, 6.45) is 7.86. The molecule has 1 unspecified atom stereocenters. The molecular formula is C25H31N3O2S. The van der Waals surface area contributed by atoms with Crippen molar-refractivity contribution in [3.8, 4) is 0 Å². The van der Waals surface area contributed by atoms with E-state index in [1.807, 2.05) is 23.1 Å². The minimum Gasteiger partial charge on any atom is -0.343 e. The van der Waals surface area contributed by atoms with Gasteiger partial charge in [0.15, 0.2) is 5.17 Å². The number of nitrogens with zero attached hydrogens (tertiary/aromatic N) is 2. The molecule has 1 N–H and O–H groups in total. The Balaban J connectivity index is 1.16. The Morgan fingerprint density at radius 2 is 1.97 bits per heavy atom. The van der Waals surface area contributed by atoms with Gasteiger partial charge in [0.05, 0.1) is 0 Å². The number of thioether (sulfide) groups is 1. The summed E-state index contributed by atoms with van der Waals surface area (Å²) >= 11 is 1.61. The molecule has 4 aliphatic rings. The van der Waals surface area contributed by atoms with Gasteiger partial charge in [0, 0.05) is 25.2 Å². The van der Waals surface area contributed by atoms with Crippen molar-refractivity contribution in [2.45, 2.75) is 63.0 Å². The quantitative estimate of drug-likeness (QED) is 0.747. The molecule has 2 heterocycles. The zero-order valence-corrected chi connectivity index (χ0v) is 19.0. The highest BCUT2D eigenvalue weighted by Crippen LogP contribution is 2.47. The zero-order chi connectivity index (χ0) is 21.4. The summed E-state index contributed by atoms with van der Waals surface area (Å²) in [5.74, 6) is 1.36. The van der Waals surface area contributed by atoms with Crippen molar-refractivity contribution in [3.63, 3.8) is 0 Å². The Bertz CT molecular complexity index is 933. The van der Waals surface area contributed by atoms with E-state index in [1.165, 1.54) is 36.1 Å². The lowest BCUT2D eigenvalue weighted by atomic mass is 9.84. The molecule has 2 aliphatic carbocycles. The molecule has 2 bridgehead atoms. The van der Waals surface area contributed by atoms with Crippen molar-refractivity contribution in [1.82, 2.24) is 10.2 Å². The fraction of sp³-hybridized carbons (Fsp3) is 0.560. The summed E-state index contributed by atoms with van der Waals surface area (Å²) in [6, 6.07) is 10.2. The van der Waals surface area contributed by atoms with Crippen LogP contribution in [0.2, 0.25) is 0 Å². The van der Waals surface area contributed by atoms with Gasteiger partial charge in [0.2, 0.25) is 11.8 Å². The smallest absolute Gasteiger partial charge is 0.242 e. The molecule has 3 fully saturated rings. The van der Waals surface area contributed by atoms with Crippen LogP contribution in [-0.4, -0.2) is 39.7 Å². The molecule has 0 spiro atoms.